The van der Waals surface area contributed by atoms with Crippen molar-refractivity contribution in [3.8, 4) is 5.75 Å². The maximum atomic E-state index is 12.2. The first-order valence-electron chi connectivity index (χ1n) is 5.62. The number of rotatable bonds is 4. The van der Waals surface area contributed by atoms with E-state index in [1.54, 1.807) is 13.8 Å². The van der Waals surface area contributed by atoms with E-state index in [0.717, 1.165) is 6.07 Å². The van der Waals surface area contributed by atoms with Gasteiger partial charge in [0.2, 0.25) is 5.91 Å². The van der Waals surface area contributed by atoms with E-state index in [0.29, 0.717) is 0 Å². The molecule has 0 saturated carbocycles. The highest BCUT2D eigenvalue weighted by Crippen LogP contribution is 2.30. The molecule has 0 aliphatic carbocycles. The average Bonchev–Trinajstić information content (AvgIpc) is 2.28. The summed E-state index contributed by atoms with van der Waals surface area (Å²) in [4.78, 5) is 11.7. The van der Waals surface area contributed by atoms with Crippen LogP contribution in [0.4, 0.5) is 18.9 Å². The van der Waals surface area contributed by atoms with Crippen LogP contribution in [-0.4, -0.2) is 18.3 Å². The summed E-state index contributed by atoms with van der Waals surface area (Å²) in [6, 6.07) is 4.48. The summed E-state index contributed by atoms with van der Waals surface area (Å²) >= 11 is 0. The Hall–Kier alpha value is -1.76. The number of nitrogens with one attached hydrogen (secondary N) is 1. The molecule has 1 amide bonds. The Morgan fingerprint density at radius 2 is 1.89 bits per heavy atom. The van der Waals surface area contributed by atoms with Gasteiger partial charge >= 0.3 is 6.36 Å². The van der Waals surface area contributed by atoms with Crippen LogP contribution in [0.5, 0.6) is 5.75 Å². The molecule has 1 rings (SSSR count). The number of ether oxygens (including phenoxy) is 1. The van der Waals surface area contributed by atoms with Crippen molar-refractivity contribution in [2.75, 3.05) is 5.32 Å². The first kappa shape index (κ1) is 15.3. The van der Waals surface area contributed by atoms with E-state index in [-0.39, 0.29) is 11.6 Å². The Morgan fingerprint density at radius 3 is 2.42 bits per heavy atom. The Balaban J connectivity index is 2.87. The lowest BCUT2D eigenvalue weighted by Crippen LogP contribution is -2.39. The first-order valence-corrected chi connectivity index (χ1v) is 5.62. The molecular weight excluding hydrogens is 261 g/mol. The Labute approximate surface area is 108 Å². The molecule has 0 spiro atoms. The highest BCUT2D eigenvalue weighted by molar-refractivity contribution is 5.96. The molecule has 0 aliphatic heterocycles. The van der Waals surface area contributed by atoms with E-state index in [1.807, 2.05) is 0 Å². The molecule has 0 aliphatic rings. The normalized spacial score (nSPS) is 13.2. The van der Waals surface area contributed by atoms with Crippen molar-refractivity contribution in [1.82, 2.24) is 0 Å². The molecule has 106 valence electrons. The predicted octanol–water partition coefficient (Wildman–Crippen LogP) is 2.51. The number of halogens is 3. The van der Waals surface area contributed by atoms with Gasteiger partial charge in [-0.3, -0.25) is 4.79 Å². The summed E-state index contributed by atoms with van der Waals surface area (Å²) in [5.74, 6) is -1.16. The van der Waals surface area contributed by atoms with Crippen LogP contribution in [0.15, 0.2) is 24.3 Å². The number of para-hydroxylation sites is 2. The molecule has 0 radical (unpaired) electrons. The van der Waals surface area contributed by atoms with Gasteiger partial charge in [0.15, 0.2) is 5.75 Å². The Bertz CT molecular complexity index is 447. The van der Waals surface area contributed by atoms with Crippen LogP contribution in [0.1, 0.15) is 13.8 Å². The van der Waals surface area contributed by atoms with Crippen LogP contribution in [0.25, 0.3) is 0 Å². The zero-order valence-corrected chi connectivity index (χ0v) is 10.5. The van der Waals surface area contributed by atoms with Crippen LogP contribution >= 0.6 is 0 Å². The number of benzene rings is 1. The van der Waals surface area contributed by atoms with Gasteiger partial charge in [-0.15, -0.1) is 13.2 Å². The topological polar surface area (TPSA) is 64.4 Å². The second-order valence-electron chi connectivity index (χ2n) is 4.30. The standard InChI is InChI=1S/C12H15F3N2O2/c1-7(2)10(16)11(18)17-8-5-3-4-6-9(8)19-12(13,14)15/h3-7,10H,16H2,1-2H3,(H,17,18)/t10-/m1/s1. The van der Waals surface area contributed by atoms with E-state index >= 15 is 0 Å². The summed E-state index contributed by atoms with van der Waals surface area (Å²) in [7, 11) is 0. The lowest BCUT2D eigenvalue weighted by molar-refractivity contribution is -0.274. The molecule has 0 heterocycles. The molecule has 0 saturated heterocycles. The third-order valence-electron chi connectivity index (χ3n) is 2.39. The van der Waals surface area contributed by atoms with Gasteiger partial charge in [-0.2, -0.15) is 0 Å². The summed E-state index contributed by atoms with van der Waals surface area (Å²) in [5, 5.41) is 2.33. The molecule has 0 aromatic heterocycles. The fourth-order valence-corrected chi connectivity index (χ4v) is 1.30. The zero-order valence-electron chi connectivity index (χ0n) is 10.5. The first-order chi connectivity index (χ1) is 8.70. The number of amides is 1. The fraction of sp³-hybridized carbons (Fsp3) is 0.417. The summed E-state index contributed by atoms with van der Waals surface area (Å²) in [6.07, 6.45) is -4.82. The molecule has 0 unspecified atom stereocenters. The van der Waals surface area contributed by atoms with Crippen LogP contribution in [0.2, 0.25) is 0 Å². The number of anilines is 1. The number of nitrogens with two attached hydrogens (primary N) is 1. The number of carbonyl (C=O) groups is 1. The Morgan fingerprint density at radius 1 is 1.32 bits per heavy atom. The molecule has 3 N–H and O–H groups in total. The summed E-state index contributed by atoms with van der Waals surface area (Å²) < 4.78 is 40.4. The minimum absolute atomic E-state index is 0.0686. The van der Waals surface area contributed by atoms with E-state index in [9.17, 15) is 18.0 Å². The van der Waals surface area contributed by atoms with Crippen LogP contribution < -0.4 is 15.8 Å². The third kappa shape index (κ3) is 4.78. The molecular formula is C12H15F3N2O2. The lowest BCUT2D eigenvalue weighted by Gasteiger charge is -2.17. The van der Waals surface area contributed by atoms with Crippen molar-refractivity contribution in [1.29, 1.82) is 0 Å². The van der Waals surface area contributed by atoms with Crippen molar-refractivity contribution >= 4 is 11.6 Å². The maximum absolute atomic E-state index is 12.2. The largest absolute Gasteiger partial charge is 0.573 e. The molecule has 7 heteroatoms. The summed E-state index contributed by atoms with van der Waals surface area (Å²) in [5.41, 5.74) is 5.54. The molecule has 1 aromatic carbocycles. The van der Waals surface area contributed by atoms with E-state index in [2.05, 4.69) is 10.1 Å². The zero-order chi connectivity index (χ0) is 14.6. The molecule has 4 nitrogen and oxygen atoms in total. The van der Waals surface area contributed by atoms with E-state index in [1.165, 1.54) is 18.2 Å². The van der Waals surface area contributed by atoms with E-state index in [4.69, 9.17) is 5.73 Å². The second-order valence-corrected chi connectivity index (χ2v) is 4.30. The SMILES string of the molecule is CC(C)[C@@H](N)C(=O)Nc1ccccc1OC(F)(F)F. The lowest BCUT2D eigenvalue weighted by atomic mass is 10.0. The van der Waals surface area contributed by atoms with Crippen molar-refractivity contribution in [3.63, 3.8) is 0 Å². The van der Waals surface area contributed by atoms with Gasteiger partial charge in [-0.1, -0.05) is 26.0 Å². The maximum Gasteiger partial charge on any atom is 0.573 e. The van der Waals surface area contributed by atoms with Gasteiger partial charge in [-0.25, -0.2) is 0 Å². The number of carbonyl (C=O) groups excluding carboxylic acids is 1. The summed E-state index contributed by atoms with van der Waals surface area (Å²) in [6.45, 7) is 3.48. The minimum atomic E-state index is -4.82. The van der Waals surface area contributed by atoms with Crippen LogP contribution in [0, 0.1) is 5.92 Å². The Kier molecular flexibility index (Phi) is 4.77. The molecule has 1 aromatic rings. The van der Waals surface area contributed by atoms with Gasteiger partial charge < -0.3 is 15.8 Å². The highest BCUT2D eigenvalue weighted by Gasteiger charge is 2.32. The van der Waals surface area contributed by atoms with Gasteiger partial charge in [-0.05, 0) is 18.1 Å². The third-order valence-corrected chi connectivity index (χ3v) is 2.39. The molecule has 19 heavy (non-hydrogen) atoms. The monoisotopic (exact) mass is 276 g/mol. The number of alkyl halides is 3. The van der Waals surface area contributed by atoms with Crippen molar-refractivity contribution in [2.24, 2.45) is 11.7 Å². The smallest absolute Gasteiger partial charge is 0.404 e. The van der Waals surface area contributed by atoms with Crippen molar-refractivity contribution < 1.29 is 22.7 Å². The van der Waals surface area contributed by atoms with Gasteiger partial charge in [0.25, 0.3) is 0 Å². The van der Waals surface area contributed by atoms with Gasteiger partial charge in [0.1, 0.15) is 0 Å². The van der Waals surface area contributed by atoms with Crippen LogP contribution in [-0.2, 0) is 4.79 Å². The molecule has 0 bridgehead atoms. The van der Waals surface area contributed by atoms with E-state index < -0.39 is 24.1 Å². The number of hydrogen-bond donors (Lipinski definition) is 2. The number of hydrogen-bond acceptors (Lipinski definition) is 3. The minimum Gasteiger partial charge on any atom is -0.404 e. The van der Waals surface area contributed by atoms with Gasteiger partial charge in [0, 0.05) is 0 Å². The predicted molar refractivity (Wildman–Crippen MR) is 64.6 cm³/mol. The fourth-order valence-electron chi connectivity index (χ4n) is 1.30. The van der Waals surface area contributed by atoms with Crippen LogP contribution in [0.3, 0.4) is 0 Å². The van der Waals surface area contributed by atoms with Crippen molar-refractivity contribution in [3.05, 3.63) is 24.3 Å². The second kappa shape index (κ2) is 5.92. The van der Waals surface area contributed by atoms with Crippen molar-refractivity contribution in [2.45, 2.75) is 26.3 Å². The molecule has 1 atom stereocenters. The molecule has 0 fully saturated rings. The highest BCUT2D eigenvalue weighted by atomic mass is 19.4. The average molecular weight is 276 g/mol. The quantitative estimate of drug-likeness (QED) is 0.888. The van der Waals surface area contributed by atoms with Gasteiger partial charge in [0.05, 0.1) is 11.7 Å².